The van der Waals surface area contributed by atoms with Crippen molar-refractivity contribution in [1.82, 2.24) is 14.9 Å². The SMILES string of the molecule is CSCCCCNCc1csnn1. The molecule has 0 spiro atoms. The first-order valence-electron chi connectivity index (χ1n) is 4.39. The molecule has 0 aliphatic rings. The summed E-state index contributed by atoms with van der Waals surface area (Å²) in [7, 11) is 0. The number of nitrogens with zero attached hydrogens (tertiary/aromatic N) is 2. The Kier molecular flexibility index (Phi) is 6.14. The summed E-state index contributed by atoms with van der Waals surface area (Å²) in [6.07, 6.45) is 4.69. The fourth-order valence-electron chi connectivity index (χ4n) is 0.974. The van der Waals surface area contributed by atoms with Crippen LogP contribution >= 0.6 is 23.3 Å². The van der Waals surface area contributed by atoms with Crippen LogP contribution in [0.2, 0.25) is 0 Å². The minimum absolute atomic E-state index is 0.857. The van der Waals surface area contributed by atoms with Gasteiger partial charge in [0.25, 0.3) is 0 Å². The van der Waals surface area contributed by atoms with Crippen molar-refractivity contribution in [1.29, 1.82) is 0 Å². The Morgan fingerprint density at radius 2 is 2.46 bits per heavy atom. The second kappa shape index (κ2) is 7.29. The molecule has 1 heterocycles. The number of unbranched alkanes of at least 4 members (excludes halogenated alkanes) is 1. The third-order valence-corrected chi connectivity index (χ3v) is 2.91. The molecular weight excluding hydrogens is 202 g/mol. The number of nitrogens with one attached hydrogen (secondary N) is 1. The van der Waals surface area contributed by atoms with E-state index in [0.29, 0.717) is 0 Å². The van der Waals surface area contributed by atoms with Crippen LogP contribution in [0.4, 0.5) is 0 Å². The molecule has 0 aliphatic carbocycles. The van der Waals surface area contributed by atoms with E-state index in [1.807, 2.05) is 17.1 Å². The molecule has 1 aromatic heterocycles. The normalized spacial score (nSPS) is 10.5. The van der Waals surface area contributed by atoms with Crippen molar-refractivity contribution in [2.45, 2.75) is 19.4 Å². The summed E-state index contributed by atoms with van der Waals surface area (Å²) in [5, 5.41) is 9.27. The smallest absolute Gasteiger partial charge is 0.0893 e. The van der Waals surface area contributed by atoms with Crippen molar-refractivity contribution in [2.75, 3.05) is 18.6 Å². The first-order chi connectivity index (χ1) is 6.43. The van der Waals surface area contributed by atoms with E-state index in [0.717, 1.165) is 18.8 Å². The van der Waals surface area contributed by atoms with E-state index in [2.05, 4.69) is 21.2 Å². The quantitative estimate of drug-likeness (QED) is 0.706. The van der Waals surface area contributed by atoms with E-state index < -0.39 is 0 Å². The van der Waals surface area contributed by atoms with Crippen molar-refractivity contribution in [3.63, 3.8) is 0 Å². The second-order valence-electron chi connectivity index (χ2n) is 2.77. The highest BCUT2D eigenvalue weighted by Gasteiger charge is 1.94. The summed E-state index contributed by atoms with van der Waals surface area (Å²) in [5.41, 5.74) is 1.05. The molecule has 3 nitrogen and oxygen atoms in total. The molecule has 0 aliphatic heterocycles. The molecule has 0 unspecified atom stereocenters. The van der Waals surface area contributed by atoms with Crippen LogP contribution in [0.1, 0.15) is 18.5 Å². The lowest BCUT2D eigenvalue weighted by Gasteiger charge is -2.00. The van der Waals surface area contributed by atoms with Gasteiger partial charge in [-0.15, -0.1) is 5.10 Å². The molecule has 13 heavy (non-hydrogen) atoms. The molecule has 0 saturated heterocycles. The van der Waals surface area contributed by atoms with Crippen LogP contribution in [-0.4, -0.2) is 28.1 Å². The van der Waals surface area contributed by atoms with E-state index in [9.17, 15) is 0 Å². The zero-order valence-electron chi connectivity index (χ0n) is 7.82. The van der Waals surface area contributed by atoms with Gasteiger partial charge in [-0.2, -0.15) is 11.8 Å². The number of thioether (sulfide) groups is 1. The molecule has 5 heteroatoms. The van der Waals surface area contributed by atoms with Gasteiger partial charge in [0.05, 0.1) is 5.69 Å². The van der Waals surface area contributed by atoms with Crippen LogP contribution in [0, 0.1) is 0 Å². The fraction of sp³-hybridized carbons (Fsp3) is 0.750. The summed E-state index contributed by atoms with van der Waals surface area (Å²) in [5.74, 6) is 1.26. The van der Waals surface area contributed by atoms with Crippen molar-refractivity contribution in [3.05, 3.63) is 11.1 Å². The van der Waals surface area contributed by atoms with Gasteiger partial charge < -0.3 is 5.32 Å². The topological polar surface area (TPSA) is 37.8 Å². The highest BCUT2D eigenvalue weighted by Crippen LogP contribution is 1.99. The molecule has 74 valence electrons. The van der Waals surface area contributed by atoms with Gasteiger partial charge in [-0.25, -0.2) is 0 Å². The van der Waals surface area contributed by atoms with Gasteiger partial charge in [-0.05, 0) is 42.9 Å². The van der Waals surface area contributed by atoms with E-state index in [-0.39, 0.29) is 0 Å². The summed E-state index contributed by atoms with van der Waals surface area (Å²) >= 11 is 3.32. The third-order valence-electron chi connectivity index (χ3n) is 1.66. The summed E-state index contributed by atoms with van der Waals surface area (Å²) < 4.78 is 3.80. The molecule has 1 aromatic rings. The highest BCUT2D eigenvalue weighted by molar-refractivity contribution is 7.98. The highest BCUT2D eigenvalue weighted by atomic mass is 32.2. The number of hydrogen-bond acceptors (Lipinski definition) is 5. The van der Waals surface area contributed by atoms with Gasteiger partial charge in [0.2, 0.25) is 0 Å². The Morgan fingerprint density at radius 1 is 1.54 bits per heavy atom. The zero-order chi connectivity index (χ0) is 9.36. The average Bonchev–Trinajstić information content (AvgIpc) is 2.63. The van der Waals surface area contributed by atoms with E-state index in [4.69, 9.17) is 0 Å². The van der Waals surface area contributed by atoms with E-state index in [1.54, 1.807) is 0 Å². The molecule has 0 saturated carbocycles. The predicted molar refractivity (Wildman–Crippen MR) is 59.2 cm³/mol. The van der Waals surface area contributed by atoms with Crippen LogP contribution in [0.3, 0.4) is 0 Å². The van der Waals surface area contributed by atoms with Crippen LogP contribution in [0.5, 0.6) is 0 Å². The van der Waals surface area contributed by atoms with Crippen LogP contribution in [0.25, 0.3) is 0 Å². The van der Waals surface area contributed by atoms with Gasteiger partial charge in [-0.1, -0.05) is 4.49 Å². The third kappa shape index (κ3) is 5.23. The lowest BCUT2D eigenvalue weighted by molar-refractivity contribution is 0.634. The van der Waals surface area contributed by atoms with Gasteiger partial charge in [0, 0.05) is 11.9 Å². The minimum Gasteiger partial charge on any atom is -0.311 e. The van der Waals surface area contributed by atoms with Crippen LogP contribution in [0.15, 0.2) is 5.38 Å². The molecule has 1 N–H and O–H groups in total. The van der Waals surface area contributed by atoms with E-state index >= 15 is 0 Å². The number of hydrogen-bond donors (Lipinski definition) is 1. The second-order valence-corrected chi connectivity index (χ2v) is 4.37. The first kappa shape index (κ1) is 10.9. The Morgan fingerprint density at radius 3 is 3.15 bits per heavy atom. The lowest BCUT2D eigenvalue weighted by Crippen LogP contribution is -2.15. The summed E-state index contributed by atoms with van der Waals surface area (Å²) in [6.45, 7) is 1.94. The van der Waals surface area contributed by atoms with Gasteiger partial charge in [0.15, 0.2) is 0 Å². The molecule has 0 atom stereocenters. The van der Waals surface area contributed by atoms with E-state index in [1.165, 1.54) is 30.1 Å². The predicted octanol–water partition coefficient (Wildman–Crippen LogP) is 1.77. The molecule has 0 aromatic carbocycles. The monoisotopic (exact) mass is 217 g/mol. The molecule has 0 fully saturated rings. The fourth-order valence-corrected chi connectivity index (χ4v) is 1.92. The zero-order valence-corrected chi connectivity index (χ0v) is 9.46. The Hall–Kier alpha value is -0.130. The molecule has 0 bridgehead atoms. The van der Waals surface area contributed by atoms with Crippen molar-refractivity contribution >= 4 is 23.3 Å². The van der Waals surface area contributed by atoms with Gasteiger partial charge in [0.1, 0.15) is 0 Å². The van der Waals surface area contributed by atoms with Crippen LogP contribution < -0.4 is 5.32 Å². The molecule has 1 rings (SSSR count). The summed E-state index contributed by atoms with van der Waals surface area (Å²) in [4.78, 5) is 0. The minimum atomic E-state index is 0.857. The van der Waals surface area contributed by atoms with Crippen molar-refractivity contribution in [3.8, 4) is 0 Å². The maximum absolute atomic E-state index is 3.95. The Balaban J connectivity index is 1.90. The standard InChI is InChI=1S/C8H15N3S2/c1-12-5-3-2-4-9-6-8-7-13-11-10-8/h7,9H,2-6H2,1H3. The van der Waals surface area contributed by atoms with Crippen LogP contribution in [-0.2, 0) is 6.54 Å². The number of aromatic nitrogens is 2. The lowest BCUT2D eigenvalue weighted by atomic mass is 10.3. The largest absolute Gasteiger partial charge is 0.311 e. The first-order valence-corrected chi connectivity index (χ1v) is 6.62. The van der Waals surface area contributed by atoms with Gasteiger partial charge >= 0.3 is 0 Å². The molecule has 0 amide bonds. The Labute approximate surface area is 87.5 Å². The molecule has 0 radical (unpaired) electrons. The summed E-state index contributed by atoms with van der Waals surface area (Å²) in [6, 6.07) is 0. The maximum Gasteiger partial charge on any atom is 0.0893 e. The van der Waals surface area contributed by atoms with Crippen molar-refractivity contribution in [2.24, 2.45) is 0 Å². The molecular formula is C8H15N3S2. The maximum atomic E-state index is 3.95. The van der Waals surface area contributed by atoms with Gasteiger partial charge in [-0.3, -0.25) is 0 Å². The van der Waals surface area contributed by atoms with Crippen molar-refractivity contribution < 1.29 is 0 Å². The Bertz CT molecular complexity index is 201. The number of rotatable bonds is 7. The average molecular weight is 217 g/mol.